The summed E-state index contributed by atoms with van der Waals surface area (Å²) >= 11 is 0. The molecule has 2 rings (SSSR count). The topological polar surface area (TPSA) is 52.6 Å². The molecular formula is C26H46O4Si. The first-order valence-corrected chi connectivity index (χ1v) is 14.5. The lowest BCUT2D eigenvalue weighted by molar-refractivity contribution is -0.141. The maximum atomic E-state index is 13.3. The summed E-state index contributed by atoms with van der Waals surface area (Å²) in [4.78, 5) is 26.5. The van der Waals surface area contributed by atoms with E-state index < -0.39 is 8.32 Å². The molecular weight excluding hydrogens is 404 g/mol. The van der Waals surface area contributed by atoms with Crippen molar-refractivity contribution in [1.29, 1.82) is 0 Å². The van der Waals surface area contributed by atoms with Crippen LogP contribution in [0.4, 0.5) is 0 Å². The fourth-order valence-corrected chi connectivity index (χ4v) is 12.4. The molecule has 0 spiro atoms. The van der Waals surface area contributed by atoms with Gasteiger partial charge < -0.3 is 9.16 Å². The van der Waals surface area contributed by atoms with Gasteiger partial charge in [-0.05, 0) is 60.6 Å². The summed E-state index contributed by atoms with van der Waals surface area (Å²) in [5, 5.41) is 0. The average molecular weight is 451 g/mol. The lowest BCUT2D eigenvalue weighted by Crippen LogP contribution is -2.49. The van der Waals surface area contributed by atoms with Crippen molar-refractivity contribution in [2.45, 2.75) is 98.2 Å². The quantitative estimate of drug-likeness (QED) is 0.373. The van der Waals surface area contributed by atoms with E-state index in [2.05, 4.69) is 55.4 Å². The van der Waals surface area contributed by atoms with Crippen molar-refractivity contribution < 1.29 is 18.8 Å². The molecule has 0 aromatic heterocycles. The third-order valence-corrected chi connectivity index (χ3v) is 14.6. The second-order valence-corrected chi connectivity index (χ2v) is 16.5. The fourth-order valence-electron chi connectivity index (χ4n) is 6.94. The molecule has 0 aliphatic heterocycles. The first-order chi connectivity index (χ1) is 14.4. The SMILES string of the molecule is COC1=C(C)C(=O)[C@H]2[C@@H]([C@@H](C)CCO[Si](C(C)C)(C(C)C)C(C)C)CC[C@H](C)[C@H]2C1=O. The van der Waals surface area contributed by atoms with Gasteiger partial charge in [0.05, 0.1) is 7.11 Å². The van der Waals surface area contributed by atoms with Crippen LogP contribution in [0.2, 0.25) is 16.6 Å². The average Bonchev–Trinajstić information content (AvgIpc) is 2.68. The van der Waals surface area contributed by atoms with Crippen molar-refractivity contribution in [3.05, 3.63) is 11.3 Å². The largest absolute Gasteiger partial charge is 0.493 e. The summed E-state index contributed by atoms with van der Waals surface area (Å²) < 4.78 is 12.1. The van der Waals surface area contributed by atoms with E-state index in [-0.39, 0.29) is 41.0 Å². The molecule has 2 aliphatic carbocycles. The van der Waals surface area contributed by atoms with Crippen LogP contribution >= 0.6 is 0 Å². The maximum Gasteiger partial charge on any atom is 0.201 e. The van der Waals surface area contributed by atoms with Crippen LogP contribution in [0.5, 0.6) is 0 Å². The summed E-state index contributed by atoms with van der Waals surface area (Å²) in [5.74, 6) is 0.835. The Morgan fingerprint density at radius 1 is 0.903 bits per heavy atom. The zero-order chi connectivity index (χ0) is 23.7. The molecule has 5 heteroatoms. The van der Waals surface area contributed by atoms with Crippen molar-refractivity contribution in [2.24, 2.45) is 29.6 Å². The number of carbonyl (C=O) groups excluding carboxylic acids is 2. The summed E-state index contributed by atoms with van der Waals surface area (Å²) in [6, 6.07) is 0. The van der Waals surface area contributed by atoms with Crippen LogP contribution in [0.25, 0.3) is 0 Å². The van der Waals surface area contributed by atoms with Gasteiger partial charge in [0, 0.05) is 24.0 Å². The van der Waals surface area contributed by atoms with Crippen LogP contribution in [0.15, 0.2) is 11.3 Å². The van der Waals surface area contributed by atoms with Crippen molar-refractivity contribution in [3.63, 3.8) is 0 Å². The van der Waals surface area contributed by atoms with E-state index in [1.807, 2.05) is 0 Å². The number of hydrogen-bond acceptors (Lipinski definition) is 4. The van der Waals surface area contributed by atoms with E-state index in [1.54, 1.807) is 6.92 Å². The van der Waals surface area contributed by atoms with E-state index in [9.17, 15) is 9.59 Å². The zero-order valence-corrected chi connectivity index (χ0v) is 22.6. The predicted molar refractivity (Wildman–Crippen MR) is 129 cm³/mol. The van der Waals surface area contributed by atoms with Crippen molar-refractivity contribution in [1.82, 2.24) is 0 Å². The number of Topliss-reactive ketones (excluding diaryl/α,β-unsaturated/α-hetero) is 2. The Labute approximate surface area is 191 Å². The van der Waals surface area contributed by atoms with Crippen LogP contribution in [0.1, 0.15) is 81.6 Å². The summed E-state index contributed by atoms with van der Waals surface area (Å²) in [6.07, 6.45) is 2.96. The molecule has 0 amide bonds. The van der Waals surface area contributed by atoms with Crippen molar-refractivity contribution in [3.8, 4) is 0 Å². The Kier molecular flexibility index (Phi) is 8.77. The van der Waals surface area contributed by atoms with Gasteiger partial charge in [-0.3, -0.25) is 9.59 Å². The first kappa shape index (κ1) is 26.3. The molecule has 5 atom stereocenters. The lowest BCUT2D eigenvalue weighted by Gasteiger charge is -2.46. The fraction of sp³-hybridized carbons (Fsp3) is 0.846. The molecule has 1 saturated carbocycles. The molecule has 2 aliphatic rings. The molecule has 1 fully saturated rings. The van der Waals surface area contributed by atoms with Crippen LogP contribution in [0, 0.1) is 29.6 Å². The van der Waals surface area contributed by atoms with Crippen molar-refractivity contribution in [2.75, 3.05) is 13.7 Å². The van der Waals surface area contributed by atoms with Gasteiger partial charge in [-0.2, -0.15) is 0 Å². The Hall–Kier alpha value is -0.943. The molecule has 0 aromatic carbocycles. The third-order valence-electron chi connectivity index (χ3n) is 8.52. The highest BCUT2D eigenvalue weighted by molar-refractivity contribution is 6.77. The van der Waals surface area contributed by atoms with Gasteiger partial charge in [0.25, 0.3) is 0 Å². The van der Waals surface area contributed by atoms with Crippen LogP contribution in [-0.2, 0) is 18.8 Å². The molecule has 178 valence electrons. The summed E-state index contributed by atoms with van der Waals surface area (Å²) in [7, 11) is -0.380. The molecule has 0 N–H and O–H groups in total. The number of hydrogen-bond donors (Lipinski definition) is 0. The van der Waals surface area contributed by atoms with Gasteiger partial charge in [0.1, 0.15) is 0 Å². The number of methoxy groups -OCH3 is 1. The summed E-state index contributed by atoms with van der Waals surface area (Å²) in [5.41, 5.74) is 2.23. The molecule has 31 heavy (non-hydrogen) atoms. The molecule has 0 unspecified atom stereocenters. The normalized spacial score (nSPS) is 28.5. The molecule has 4 nitrogen and oxygen atoms in total. The highest BCUT2D eigenvalue weighted by Crippen LogP contribution is 2.48. The molecule has 0 bridgehead atoms. The molecule has 0 radical (unpaired) electrons. The molecule has 0 aromatic rings. The second-order valence-electron chi connectivity index (χ2n) is 11.1. The van der Waals surface area contributed by atoms with E-state index in [1.165, 1.54) is 7.11 Å². The van der Waals surface area contributed by atoms with Gasteiger partial charge in [0.15, 0.2) is 19.9 Å². The number of rotatable bonds is 9. The minimum Gasteiger partial charge on any atom is -0.493 e. The Bertz CT molecular complexity index is 672. The maximum absolute atomic E-state index is 13.3. The zero-order valence-electron chi connectivity index (χ0n) is 21.6. The number of fused-ring (bicyclic) bond motifs is 1. The number of ketones is 2. The van der Waals surface area contributed by atoms with Crippen LogP contribution in [0.3, 0.4) is 0 Å². The van der Waals surface area contributed by atoms with Gasteiger partial charge in [0.2, 0.25) is 5.78 Å². The van der Waals surface area contributed by atoms with Gasteiger partial charge in [-0.25, -0.2) is 0 Å². The van der Waals surface area contributed by atoms with E-state index in [4.69, 9.17) is 9.16 Å². The van der Waals surface area contributed by atoms with Gasteiger partial charge >= 0.3 is 0 Å². The Balaban J connectivity index is 2.19. The van der Waals surface area contributed by atoms with Crippen LogP contribution in [-0.4, -0.2) is 33.6 Å². The van der Waals surface area contributed by atoms with E-state index in [0.29, 0.717) is 28.1 Å². The minimum atomic E-state index is -1.88. The van der Waals surface area contributed by atoms with E-state index in [0.717, 1.165) is 25.9 Å². The smallest absolute Gasteiger partial charge is 0.201 e. The molecule has 0 saturated heterocycles. The van der Waals surface area contributed by atoms with Crippen molar-refractivity contribution >= 4 is 19.9 Å². The number of allylic oxidation sites excluding steroid dienone is 2. The summed E-state index contributed by atoms with van der Waals surface area (Å²) in [6.45, 7) is 20.8. The second kappa shape index (κ2) is 10.3. The van der Waals surface area contributed by atoms with Crippen LogP contribution < -0.4 is 0 Å². The highest BCUT2D eigenvalue weighted by Gasteiger charge is 2.51. The first-order valence-electron chi connectivity index (χ1n) is 12.4. The monoisotopic (exact) mass is 450 g/mol. The van der Waals surface area contributed by atoms with E-state index >= 15 is 0 Å². The van der Waals surface area contributed by atoms with Gasteiger partial charge in [-0.15, -0.1) is 0 Å². The third kappa shape index (κ3) is 4.73. The minimum absolute atomic E-state index is 0.0381. The Morgan fingerprint density at radius 2 is 1.45 bits per heavy atom. The lowest BCUT2D eigenvalue weighted by atomic mass is 9.58. The number of ether oxygens (including phenoxy) is 1. The standard InChI is InChI=1S/C26H46O4Si/c1-15(2)31(16(3)4,17(5)6)30-14-13-18(7)21-12-11-19(8)22-23(21)24(27)20(9)26(29-10)25(22)28/h15-19,21-23H,11-14H2,1-10H3/t18-,19-,21+,22+,23-/m0/s1. The predicted octanol–water partition coefficient (Wildman–Crippen LogP) is 6.56. The molecule has 0 heterocycles. The highest BCUT2D eigenvalue weighted by atomic mass is 28.4. The van der Waals surface area contributed by atoms with Gasteiger partial charge in [-0.1, -0.05) is 55.4 Å². The Morgan fingerprint density at radius 3 is 1.94 bits per heavy atom. The number of carbonyl (C=O) groups is 2.